The fraction of sp³-hybridized carbons (Fsp3) is 0.182. The average molecular weight is 466 g/mol. The van der Waals surface area contributed by atoms with Gasteiger partial charge in [-0.25, -0.2) is 4.98 Å². The highest BCUT2D eigenvalue weighted by atomic mass is 32.2. The van der Waals surface area contributed by atoms with E-state index in [1.54, 1.807) is 11.3 Å². The summed E-state index contributed by atoms with van der Waals surface area (Å²) in [4.78, 5) is 22.5. The van der Waals surface area contributed by atoms with E-state index < -0.39 is 0 Å². The summed E-state index contributed by atoms with van der Waals surface area (Å²) in [7, 11) is 1.96. The standard InChI is InChI=1S/C22H19N5OS3/c1-12-7-4-5-8-14(12)19-25-26-22(27(19)3)31-13(2)18-23-20(28)17-15(11-30-21(17)24-18)16-9-6-10-29-16/h4-11,13H,1-3H3,(H,23,24,28). The lowest BCUT2D eigenvalue weighted by Crippen LogP contribution is -2.12. The molecule has 0 amide bonds. The molecule has 31 heavy (non-hydrogen) atoms. The molecule has 4 heterocycles. The minimum atomic E-state index is -0.101. The van der Waals surface area contributed by atoms with Crippen molar-refractivity contribution in [3.8, 4) is 21.8 Å². The molecule has 0 saturated carbocycles. The van der Waals surface area contributed by atoms with Crippen LogP contribution in [0.15, 0.2) is 57.1 Å². The second kappa shape index (κ2) is 8.07. The maximum Gasteiger partial charge on any atom is 0.260 e. The van der Waals surface area contributed by atoms with Gasteiger partial charge in [-0.3, -0.25) is 4.79 Å². The number of fused-ring (bicyclic) bond motifs is 1. The zero-order chi connectivity index (χ0) is 21.5. The third-order valence-corrected chi connectivity index (χ3v) is 8.06. The molecule has 0 aliphatic carbocycles. The Kier molecular flexibility index (Phi) is 5.25. The Morgan fingerprint density at radius 2 is 1.94 bits per heavy atom. The van der Waals surface area contributed by atoms with Crippen LogP contribution >= 0.6 is 34.4 Å². The first kappa shape index (κ1) is 20.2. The number of rotatable bonds is 5. The summed E-state index contributed by atoms with van der Waals surface area (Å²) in [5, 5.41) is 14.2. The summed E-state index contributed by atoms with van der Waals surface area (Å²) in [5.74, 6) is 1.46. The summed E-state index contributed by atoms with van der Waals surface area (Å²) in [6.45, 7) is 4.08. The lowest BCUT2D eigenvalue weighted by atomic mass is 10.1. The molecule has 6 nitrogen and oxygen atoms in total. The quantitative estimate of drug-likeness (QED) is 0.338. The number of H-pyrrole nitrogens is 1. The Bertz CT molecular complexity index is 1430. The molecule has 1 atom stereocenters. The first-order valence-electron chi connectivity index (χ1n) is 9.70. The van der Waals surface area contributed by atoms with E-state index in [2.05, 4.69) is 28.2 Å². The Morgan fingerprint density at radius 3 is 2.71 bits per heavy atom. The van der Waals surface area contributed by atoms with Gasteiger partial charge in [-0.05, 0) is 30.9 Å². The van der Waals surface area contributed by atoms with Crippen molar-refractivity contribution in [2.24, 2.45) is 7.05 Å². The first-order chi connectivity index (χ1) is 15.0. The van der Waals surface area contributed by atoms with Crippen molar-refractivity contribution in [1.29, 1.82) is 0 Å². The zero-order valence-electron chi connectivity index (χ0n) is 17.1. The molecule has 0 radical (unpaired) electrons. The Morgan fingerprint density at radius 1 is 1.10 bits per heavy atom. The van der Waals surface area contributed by atoms with Crippen LogP contribution in [0.4, 0.5) is 0 Å². The Hall–Kier alpha value is -2.75. The molecule has 1 N–H and O–H groups in total. The van der Waals surface area contributed by atoms with Crippen LogP contribution in [0.2, 0.25) is 0 Å². The molecule has 156 valence electrons. The van der Waals surface area contributed by atoms with Gasteiger partial charge in [0.1, 0.15) is 10.7 Å². The molecule has 1 unspecified atom stereocenters. The molecule has 0 fully saturated rings. The summed E-state index contributed by atoms with van der Waals surface area (Å²) < 4.78 is 1.99. The first-order valence-corrected chi connectivity index (χ1v) is 12.3. The molecule has 0 bridgehead atoms. The minimum absolute atomic E-state index is 0.0861. The SMILES string of the molecule is Cc1ccccc1-c1nnc(SC(C)c2nc3scc(-c4cccs4)c3c(=O)[nH]2)n1C. The fourth-order valence-corrected chi connectivity index (χ4v) is 6.10. The number of thiophene rings is 2. The van der Waals surface area contributed by atoms with Crippen LogP contribution in [0, 0.1) is 6.92 Å². The van der Waals surface area contributed by atoms with Crippen LogP contribution in [0.25, 0.3) is 32.0 Å². The van der Waals surface area contributed by atoms with Gasteiger partial charge in [0.15, 0.2) is 11.0 Å². The number of aromatic nitrogens is 5. The van der Waals surface area contributed by atoms with E-state index in [4.69, 9.17) is 4.98 Å². The van der Waals surface area contributed by atoms with Gasteiger partial charge in [0.25, 0.3) is 5.56 Å². The van der Waals surface area contributed by atoms with Crippen molar-refractivity contribution in [2.45, 2.75) is 24.3 Å². The number of aryl methyl sites for hydroxylation is 1. The topological polar surface area (TPSA) is 76.5 Å². The largest absolute Gasteiger partial charge is 0.309 e. The number of nitrogens with zero attached hydrogens (tertiary/aromatic N) is 4. The highest BCUT2D eigenvalue weighted by Crippen LogP contribution is 2.36. The molecule has 5 rings (SSSR count). The van der Waals surface area contributed by atoms with E-state index in [9.17, 15) is 4.79 Å². The van der Waals surface area contributed by atoms with Gasteiger partial charge in [0.2, 0.25) is 0 Å². The number of aromatic amines is 1. The third-order valence-electron chi connectivity index (χ3n) is 5.14. The summed E-state index contributed by atoms with van der Waals surface area (Å²) in [5.41, 5.74) is 3.06. The van der Waals surface area contributed by atoms with Crippen LogP contribution < -0.4 is 5.56 Å². The van der Waals surface area contributed by atoms with E-state index in [0.29, 0.717) is 11.2 Å². The number of hydrogen-bond donors (Lipinski definition) is 1. The number of benzene rings is 1. The smallest absolute Gasteiger partial charge is 0.260 e. The molecule has 0 saturated heterocycles. The van der Waals surface area contributed by atoms with Gasteiger partial charge >= 0.3 is 0 Å². The summed E-state index contributed by atoms with van der Waals surface area (Å²) >= 11 is 4.66. The van der Waals surface area contributed by atoms with Crippen molar-refractivity contribution in [1.82, 2.24) is 24.7 Å². The Labute approximate surface area is 191 Å². The normalized spacial score (nSPS) is 12.5. The molecule has 1 aromatic carbocycles. The molecule has 4 aromatic heterocycles. The molecule has 0 aliphatic heterocycles. The van der Waals surface area contributed by atoms with Crippen molar-refractivity contribution in [3.63, 3.8) is 0 Å². The average Bonchev–Trinajstić information content (AvgIpc) is 3.49. The van der Waals surface area contributed by atoms with E-state index >= 15 is 0 Å². The van der Waals surface area contributed by atoms with Gasteiger partial charge in [-0.15, -0.1) is 32.9 Å². The van der Waals surface area contributed by atoms with Crippen LogP contribution in [0.1, 0.15) is 23.6 Å². The van der Waals surface area contributed by atoms with Gasteiger partial charge in [0, 0.05) is 28.4 Å². The molecule has 5 aromatic rings. The van der Waals surface area contributed by atoms with Crippen molar-refractivity contribution >= 4 is 44.7 Å². The van der Waals surface area contributed by atoms with E-state index in [1.807, 2.05) is 59.6 Å². The second-order valence-electron chi connectivity index (χ2n) is 7.20. The predicted octanol–water partition coefficient (Wildman–Crippen LogP) is 5.67. The van der Waals surface area contributed by atoms with Crippen LogP contribution in [0.5, 0.6) is 0 Å². The fourth-order valence-electron chi connectivity index (χ4n) is 3.46. The summed E-state index contributed by atoms with van der Waals surface area (Å²) in [6, 6.07) is 12.1. The lowest BCUT2D eigenvalue weighted by molar-refractivity contribution is 0.786. The highest BCUT2D eigenvalue weighted by molar-refractivity contribution is 7.99. The monoisotopic (exact) mass is 465 g/mol. The van der Waals surface area contributed by atoms with Crippen molar-refractivity contribution in [2.75, 3.05) is 0 Å². The summed E-state index contributed by atoms with van der Waals surface area (Å²) in [6.07, 6.45) is 0. The molecule has 0 aliphatic rings. The second-order valence-corrected chi connectivity index (χ2v) is 10.3. The molecular formula is C22H19N5OS3. The van der Waals surface area contributed by atoms with Crippen molar-refractivity contribution in [3.05, 3.63) is 68.9 Å². The Balaban J connectivity index is 1.46. The van der Waals surface area contributed by atoms with Crippen LogP contribution in [-0.2, 0) is 7.05 Å². The third kappa shape index (κ3) is 3.62. The predicted molar refractivity (Wildman–Crippen MR) is 129 cm³/mol. The van der Waals surface area contributed by atoms with Crippen LogP contribution in [0.3, 0.4) is 0 Å². The number of hydrogen-bond acceptors (Lipinski definition) is 7. The maximum atomic E-state index is 12.9. The van der Waals surface area contributed by atoms with Crippen LogP contribution in [-0.4, -0.2) is 24.7 Å². The maximum absolute atomic E-state index is 12.9. The van der Waals surface area contributed by atoms with E-state index in [0.717, 1.165) is 37.4 Å². The van der Waals surface area contributed by atoms with E-state index in [1.165, 1.54) is 23.1 Å². The minimum Gasteiger partial charge on any atom is -0.309 e. The van der Waals surface area contributed by atoms with Gasteiger partial charge < -0.3 is 9.55 Å². The van der Waals surface area contributed by atoms with Gasteiger partial charge in [0.05, 0.1) is 10.6 Å². The molecular weight excluding hydrogens is 446 g/mol. The lowest BCUT2D eigenvalue weighted by Gasteiger charge is -2.11. The zero-order valence-corrected chi connectivity index (χ0v) is 19.6. The number of thioether (sulfide) groups is 1. The van der Waals surface area contributed by atoms with E-state index in [-0.39, 0.29) is 10.8 Å². The van der Waals surface area contributed by atoms with Gasteiger partial charge in [-0.1, -0.05) is 42.1 Å². The number of nitrogens with one attached hydrogen (secondary N) is 1. The van der Waals surface area contributed by atoms with Crippen molar-refractivity contribution < 1.29 is 0 Å². The molecule has 9 heteroatoms. The highest BCUT2D eigenvalue weighted by Gasteiger charge is 2.20. The molecule has 0 spiro atoms. The van der Waals surface area contributed by atoms with Gasteiger partial charge in [-0.2, -0.15) is 0 Å².